The normalized spacial score (nSPS) is 26.5. The average molecular weight is 490 g/mol. The van der Waals surface area contributed by atoms with Crippen molar-refractivity contribution in [3.63, 3.8) is 0 Å². The SMILES string of the molecule is Nc1nccc2c1ncn2C1CC(O)C(COP(=O)(O)OP(=O)(O)OP(=O)(O)O)O1. The topological polar surface area (TPSA) is 246 Å². The molecule has 3 rings (SSSR count). The Morgan fingerprint density at radius 2 is 1.87 bits per heavy atom. The lowest BCUT2D eigenvalue weighted by Gasteiger charge is -2.19. The van der Waals surface area contributed by atoms with Crippen molar-refractivity contribution in [1.29, 1.82) is 0 Å². The number of nitrogen functional groups attached to an aromatic ring is 1. The Balaban J connectivity index is 1.64. The number of anilines is 1. The van der Waals surface area contributed by atoms with Crippen LogP contribution >= 0.6 is 23.5 Å². The predicted octanol–water partition coefficient (Wildman–Crippen LogP) is 0.00520. The zero-order chi connectivity index (χ0) is 22.3. The van der Waals surface area contributed by atoms with Gasteiger partial charge in [0.25, 0.3) is 0 Å². The zero-order valence-corrected chi connectivity index (χ0v) is 17.4. The number of pyridine rings is 1. The van der Waals surface area contributed by atoms with Gasteiger partial charge in [0, 0.05) is 12.6 Å². The van der Waals surface area contributed by atoms with E-state index in [9.17, 15) is 23.7 Å². The molecule has 2 aromatic heterocycles. The van der Waals surface area contributed by atoms with Crippen LogP contribution in [0, 0.1) is 0 Å². The molecule has 1 aliphatic rings. The van der Waals surface area contributed by atoms with Gasteiger partial charge in [-0.15, -0.1) is 0 Å². The van der Waals surface area contributed by atoms with Gasteiger partial charge >= 0.3 is 23.5 Å². The highest BCUT2D eigenvalue weighted by atomic mass is 31.3. The third kappa shape index (κ3) is 5.71. The summed E-state index contributed by atoms with van der Waals surface area (Å²) in [4.78, 5) is 43.6. The van der Waals surface area contributed by atoms with Crippen molar-refractivity contribution in [3.8, 4) is 0 Å². The van der Waals surface area contributed by atoms with E-state index in [-0.39, 0.29) is 12.2 Å². The molecule has 0 bridgehead atoms. The second-order valence-corrected chi connectivity index (χ2v) is 10.5. The van der Waals surface area contributed by atoms with E-state index in [1.807, 2.05) is 0 Å². The molecule has 0 radical (unpaired) electrons. The Morgan fingerprint density at radius 1 is 1.17 bits per heavy atom. The lowest BCUT2D eigenvalue weighted by atomic mass is 10.2. The number of aromatic nitrogens is 3. The van der Waals surface area contributed by atoms with Crippen LogP contribution in [0.3, 0.4) is 0 Å². The molecule has 0 aliphatic carbocycles. The Bertz CT molecular complexity index is 1070. The number of phosphoric acid groups is 3. The molecule has 1 aliphatic heterocycles. The first-order chi connectivity index (χ1) is 13.8. The van der Waals surface area contributed by atoms with Crippen LogP contribution < -0.4 is 5.73 Å². The third-order valence-corrected chi connectivity index (χ3v) is 7.66. The van der Waals surface area contributed by atoms with Crippen molar-refractivity contribution in [1.82, 2.24) is 14.5 Å². The highest BCUT2D eigenvalue weighted by Gasteiger charge is 2.42. The van der Waals surface area contributed by atoms with Crippen LogP contribution in [0.4, 0.5) is 5.82 Å². The number of aliphatic hydroxyl groups excluding tert-OH is 1. The smallest absolute Gasteiger partial charge is 0.390 e. The molecule has 0 amide bonds. The van der Waals surface area contributed by atoms with Crippen molar-refractivity contribution in [2.24, 2.45) is 0 Å². The van der Waals surface area contributed by atoms with Gasteiger partial charge in [-0.1, -0.05) is 0 Å². The first-order valence-electron chi connectivity index (χ1n) is 7.95. The van der Waals surface area contributed by atoms with Gasteiger partial charge in [-0.05, 0) is 6.07 Å². The molecular weight excluding hydrogens is 473 g/mol. The Morgan fingerprint density at radius 3 is 2.53 bits per heavy atom. The number of hydrogen-bond acceptors (Lipinski definition) is 11. The van der Waals surface area contributed by atoms with Gasteiger partial charge in [0.2, 0.25) is 0 Å². The van der Waals surface area contributed by atoms with E-state index in [4.69, 9.17) is 25.2 Å². The van der Waals surface area contributed by atoms with Gasteiger partial charge < -0.3 is 39.7 Å². The van der Waals surface area contributed by atoms with E-state index in [1.165, 1.54) is 12.5 Å². The molecule has 0 aromatic carbocycles. The Kier molecular flexibility index (Phi) is 6.52. The molecule has 1 saturated heterocycles. The minimum Gasteiger partial charge on any atom is -0.390 e. The van der Waals surface area contributed by atoms with E-state index in [0.717, 1.165) is 0 Å². The van der Waals surface area contributed by atoms with Crippen molar-refractivity contribution in [2.75, 3.05) is 12.3 Å². The lowest BCUT2D eigenvalue weighted by Crippen LogP contribution is -2.26. The number of nitrogens with zero attached hydrogens (tertiary/aromatic N) is 3. The van der Waals surface area contributed by atoms with E-state index in [0.29, 0.717) is 11.0 Å². The largest absolute Gasteiger partial charge is 0.490 e. The van der Waals surface area contributed by atoms with Gasteiger partial charge in [0.05, 0.1) is 24.6 Å². The molecule has 5 unspecified atom stereocenters. The summed E-state index contributed by atoms with van der Waals surface area (Å²) in [5.74, 6) is 0.189. The van der Waals surface area contributed by atoms with Crippen LogP contribution in [0.25, 0.3) is 11.0 Å². The van der Waals surface area contributed by atoms with Crippen LogP contribution in [0.15, 0.2) is 18.6 Å². The number of hydrogen-bond donors (Lipinski definition) is 6. The summed E-state index contributed by atoms with van der Waals surface area (Å²) in [7, 11) is -16.4. The fourth-order valence-corrected chi connectivity index (χ4v) is 5.75. The molecule has 168 valence electrons. The fraction of sp³-hybridized carbons (Fsp3) is 0.455. The van der Waals surface area contributed by atoms with Crippen LogP contribution in [-0.2, 0) is 31.6 Å². The summed E-state index contributed by atoms with van der Waals surface area (Å²) >= 11 is 0. The van der Waals surface area contributed by atoms with Crippen molar-refractivity contribution in [2.45, 2.75) is 24.9 Å². The predicted molar refractivity (Wildman–Crippen MR) is 96.3 cm³/mol. The molecule has 3 heterocycles. The second kappa shape index (κ2) is 8.36. The Labute approximate surface area is 167 Å². The molecule has 7 N–H and O–H groups in total. The maximum atomic E-state index is 11.8. The van der Waals surface area contributed by atoms with Gasteiger partial charge in [-0.25, -0.2) is 23.7 Å². The highest BCUT2D eigenvalue weighted by molar-refractivity contribution is 7.66. The third-order valence-electron chi connectivity index (χ3n) is 3.85. The van der Waals surface area contributed by atoms with Crippen LogP contribution in [0.2, 0.25) is 0 Å². The monoisotopic (exact) mass is 490 g/mol. The number of phosphoric ester groups is 1. The highest BCUT2D eigenvalue weighted by Crippen LogP contribution is 2.66. The summed E-state index contributed by atoms with van der Waals surface area (Å²) < 4.78 is 52.5. The standard InChI is InChI=1S/C11H17N4O12P3/c12-11-10-6(1-2-13-11)15(5-14-10)9-3-7(16)8(25-9)4-24-29(20,21)27-30(22,23)26-28(17,18)19/h1-2,5,7-9,16H,3-4H2,(H2,12,13)(H,20,21)(H,22,23)(H2,17,18,19). The van der Waals surface area contributed by atoms with E-state index in [1.54, 1.807) is 10.6 Å². The summed E-state index contributed by atoms with van der Waals surface area (Å²) in [5.41, 5.74) is 6.71. The molecule has 0 spiro atoms. The summed E-state index contributed by atoms with van der Waals surface area (Å²) in [6.07, 6.45) is -0.173. The van der Waals surface area contributed by atoms with Gasteiger partial charge in [-0.3, -0.25) is 4.52 Å². The quantitative estimate of drug-likeness (QED) is 0.267. The number of rotatable bonds is 8. The van der Waals surface area contributed by atoms with Crippen molar-refractivity contribution in [3.05, 3.63) is 18.6 Å². The average Bonchev–Trinajstić information content (AvgIpc) is 3.14. The first kappa shape index (κ1) is 23.4. The van der Waals surface area contributed by atoms with Crippen LogP contribution in [0.5, 0.6) is 0 Å². The van der Waals surface area contributed by atoms with Gasteiger partial charge in [0.1, 0.15) is 17.8 Å². The van der Waals surface area contributed by atoms with E-state index in [2.05, 4.69) is 23.1 Å². The minimum atomic E-state index is -5.63. The van der Waals surface area contributed by atoms with Gasteiger partial charge in [0.15, 0.2) is 5.82 Å². The maximum Gasteiger partial charge on any atom is 0.490 e. The van der Waals surface area contributed by atoms with Crippen LogP contribution in [-0.4, -0.2) is 58.0 Å². The second-order valence-electron chi connectivity index (χ2n) is 6.03. The minimum absolute atomic E-state index is 0.0398. The summed E-state index contributed by atoms with van der Waals surface area (Å²) in [6, 6.07) is 1.62. The molecule has 30 heavy (non-hydrogen) atoms. The van der Waals surface area contributed by atoms with Crippen molar-refractivity contribution < 1.29 is 56.3 Å². The number of imidazole rings is 1. The number of ether oxygens (including phenoxy) is 1. The van der Waals surface area contributed by atoms with E-state index >= 15 is 0 Å². The number of nitrogens with two attached hydrogens (primary N) is 1. The zero-order valence-electron chi connectivity index (χ0n) is 14.7. The lowest BCUT2D eigenvalue weighted by molar-refractivity contribution is -0.0421. The molecule has 19 heteroatoms. The maximum absolute atomic E-state index is 11.8. The van der Waals surface area contributed by atoms with Crippen molar-refractivity contribution >= 4 is 40.3 Å². The van der Waals surface area contributed by atoms with Crippen LogP contribution in [0.1, 0.15) is 12.6 Å². The summed E-state index contributed by atoms with van der Waals surface area (Å²) in [6.45, 7) is -0.766. The molecule has 16 nitrogen and oxygen atoms in total. The molecule has 0 saturated carbocycles. The number of fused-ring (bicyclic) bond motifs is 1. The van der Waals surface area contributed by atoms with Gasteiger partial charge in [-0.2, -0.15) is 8.62 Å². The molecule has 1 fully saturated rings. The molecule has 2 aromatic rings. The Hall–Kier alpha value is -1.25. The fourth-order valence-electron chi connectivity index (χ4n) is 2.72. The number of aliphatic hydroxyl groups is 1. The molecule has 5 atom stereocenters. The summed E-state index contributed by atoms with van der Waals surface area (Å²) in [5, 5.41) is 10.1. The first-order valence-corrected chi connectivity index (χ1v) is 12.5. The van der Waals surface area contributed by atoms with E-state index < -0.39 is 48.5 Å². The molecular formula is C11H17N4O12P3.